The van der Waals surface area contributed by atoms with Crippen LogP contribution < -0.4 is 15.5 Å². The monoisotopic (exact) mass is 344 g/mol. The number of anilines is 2. The predicted octanol–water partition coefficient (Wildman–Crippen LogP) is 3.53. The minimum Gasteiger partial charge on any atom is -0.370 e. The first-order chi connectivity index (χ1) is 12.1. The maximum atomic E-state index is 12.4. The molecule has 2 N–H and O–H groups in total. The Balaban J connectivity index is 1.51. The second-order valence-corrected chi connectivity index (χ2v) is 7.64. The molecule has 0 saturated carbocycles. The Bertz CT molecular complexity index is 569. The van der Waals surface area contributed by atoms with Crippen LogP contribution in [0.15, 0.2) is 24.3 Å². The van der Waals surface area contributed by atoms with Crippen LogP contribution in [0, 0.1) is 5.92 Å². The average molecular weight is 345 g/mol. The number of carbonyl (C=O) groups excluding carboxylic acids is 1. The SMILES string of the molecule is CC(C)N1CCC[C@H](CNC(=O)Nc2ccccc2N2CCCC2)C1. The zero-order valence-electron chi connectivity index (χ0n) is 15.6. The Labute approximate surface area is 151 Å². The molecule has 1 aromatic carbocycles. The van der Waals surface area contributed by atoms with Crippen molar-refractivity contribution >= 4 is 17.4 Å². The van der Waals surface area contributed by atoms with Crippen LogP contribution >= 0.6 is 0 Å². The average Bonchev–Trinajstić information content (AvgIpc) is 3.15. The Morgan fingerprint density at radius 2 is 1.92 bits per heavy atom. The summed E-state index contributed by atoms with van der Waals surface area (Å²) in [5, 5.41) is 6.14. The fourth-order valence-corrected chi connectivity index (χ4v) is 3.95. The summed E-state index contributed by atoms with van der Waals surface area (Å²) in [6.45, 7) is 9.67. The van der Waals surface area contributed by atoms with Crippen molar-refractivity contribution in [2.75, 3.05) is 42.9 Å². The van der Waals surface area contributed by atoms with E-state index in [4.69, 9.17) is 0 Å². The first kappa shape index (κ1) is 18.1. The van der Waals surface area contributed by atoms with Crippen LogP contribution in [0.2, 0.25) is 0 Å². The summed E-state index contributed by atoms with van der Waals surface area (Å²) >= 11 is 0. The summed E-state index contributed by atoms with van der Waals surface area (Å²) in [5.74, 6) is 0.552. The lowest BCUT2D eigenvalue weighted by Gasteiger charge is -2.35. The quantitative estimate of drug-likeness (QED) is 0.859. The number of carbonyl (C=O) groups is 1. The van der Waals surface area contributed by atoms with Gasteiger partial charge in [0.1, 0.15) is 0 Å². The normalized spacial score (nSPS) is 21.6. The number of likely N-dealkylation sites (tertiary alicyclic amines) is 1. The van der Waals surface area contributed by atoms with Gasteiger partial charge in [-0.3, -0.25) is 0 Å². The van der Waals surface area contributed by atoms with E-state index in [1.54, 1.807) is 0 Å². The lowest BCUT2D eigenvalue weighted by Crippen LogP contribution is -2.44. The highest BCUT2D eigenvalue weighted by atomic mass is 16.2. The first-order valence-electron chi connectivity index (χ1n) is 9.76. The zero-order chi connectivity index (χ0) is 17.6. The smallest absolute Gasteiger partial charge is 0.319 e. The number of para-hydroxylation sites is 2. The van der Waals surface area contributed by atoms with Crippen molar-refractivity contribution in [1.29, 1.82) is 0 Å². The summed E-state index contributed by atoms with van der Waals surface area (Å²) < 4.78 is 0. The predicted molar refractivity (Wildman–Crippen MR) is 104 cm³/mol. The Morgan fingerprint density at radius 1 is 1.16 bits per heavy atom. The summed E-state index contributed by atoms with van der Waals surface area (Å²) in [7, 11) is 0. The number of rotatable bonds is 5. The van der Waals surface area contributed by atoms with Gasteiger partial charge in [0.05, 0.1) is 11.4 Å². The van der Waals surface area contributed by atoms with E-state index in [0.717, 1.165) is 37.6 Å². The van der Waals surface area contributed by atoms with Crippen LogP contribution in [-0.4, -0.2) is 49.7 Å². The molecule has 138 valence electrons. The van der Waals surface area contributed by atoms with Crippen LogP contribution in [0.4, 0.5) is 16.2 Å². The van der Waals surface area contributed by atoms with Gasteiger partial charge in [-0.25, -0.2) is 4.79 Å². The van der Waals surface area contributed by atoms with E-state index in [1.165, 1.54) is 32.2 Å². The van der Waals surface area contributed by atoms with Gasteiger partial charge >= 0.3 is 6.03 Å². The first-order valence-corrected chi connectivity index (χ1v) is 9.76. The third-order valence-electron chi connectivity index (χ3n) is 5.43. The van der Waals surface area contributed by atoms with Crippen LogP contribution in [-0.2, 0) is 0 Å². The summed E-state index contributed by atoms with van der Waals surface area (Å²) in [4.78, 5) is 17.3. The second-order valence-electron chi connectivity index (χ2n) is 7.64. The molecular formula is C20H32N4O. The second kappa shape index (κ2) is 8.56. The summed E-state index contributed by atoms with van der Waals surface area (Å²) in [6.07, 6.45) is 4.89. The number of piperidine rings is 1. The van der Waals surface area contributed by atoms with Crippen molar-refractivity contribution in [3.05, 3.63) is 24.3 Å². The van der Waals surface area contributed by atoms with Gasteiger partial charge in [-0.05, 0) is 64.1 Å². The maximum Gasteiger partial charge on any atom is 0.319 e. The molecule has 2 fully saturated rings. The fourth-order valence-electron chi connectivity index (χ4n) is 3.95. The molecular weight excluding hydrogens is 312 g/mol. The van der Waals surface area contributed by atoms with Crippen molar-refractivity contribution in [2.45, 2.75) is 45.6 Å². The minimum absolute atomic E-state index is 0.0895. The molecule has 2 aliphatic heterocycles. The molecule has 0 spiro atoms. The van der Waals surface area contributed by atoms with E-state index in [0.29, 0.717) is 12.0 Å². The number of hydrogen-bond donors (Lipinski definition) is 2. The molecule has 5 nitrogen and oxygen atoms in total. The van der Waals surface area contributed by atoms with Crippen molar-refractivity contribution in [1.82, 2.24) is 10.2 Å². The molecule has 25 heavy (non-hydrogen) atoms. The van der Waals surface area contributed by atoms with E-state index in [2.05, 4.69) is 40.3 Å². The van der Waals surface area contributed by atoms with Gasteiger partial charge in [0.2, 0.25) is 0 Å². The van der Waals surface area contributed by atoms with E-state index < -0.39 is 0 Å². The molecule has 2 aliphatic rings. The molecule has 1 aromatic rings. The van der Waals surface area contributed by atoms with E-state index in [9.17, 15) is 4.79 Å². The van der Waals surface area contributed by atoms with Crippen LogP contribution in [0.25, 0.3) is 0 Å². The van der Waals surface area contributed by atoms with Crippen molar-refractivity contribution in [3.8, 4) is 0 Å². The molecule has 0 unspecified atom stereocenters. The van der Waals surface area contributed by atoms with Crippen molar-refractivity contribution in [3.63, 3.8) is 0 Å². The van der Waals surface area contributed by atoms with Gasteiger partial charge < -0.3 is 20.4 Å². The van der Waals surface area contributed by atoms with Gasteiger partial charge in [-0.1, -0.05) is 12.1 Å². The third kappa shape index (κ3) is 4.88. The van der Waals surface area contributed by atoms with Crippen LogP contribution in [0.1, 0.15) is 39.5 Å². The molecule has 1 atom stereocenters. The highest BCUT2D eigenvalue weighted by Gasteiger charge is 2.22. The molecule has 2 saturated heterocycles. The molecule has 0 bridgehead atoms. The highest BCUT2D eigenvalue weighted by molar-refractivity contribution is 5.93. The standard InChI is InChI=1S/C20H32N4O/c1-16(2)24-13-7-8-17(15-24)14-21-20(25)22-18-9-3-4-10-19(18)23-11-5-6-12-23/h3-4,9-10,16-17H,5-8,11-15H2,1-2H3,(H2,21,22,25)/t17-/m1/s1. The Morgan fingerprint density at radius 3 is 2.68 bits per heavy atom. The summed E-state index contributed by atoms with van der Waals surface area (Å²) in [6, 6.07) is 8.62. The Kier molecular flexibility index (Phi) is 6.19. The van der Waals surface area contributed by atoms with Crippen LogP contribution in [0.3, 0.4) is 0 Å². The Hall–Kier alpha value is -1.75. The van der Waals surface area contributed by atoms with Gasteiger partial charge in [0, 0.05) is 32.2 Å². The van der Waals surface area contributed by atoms with Crippen molar-refractivity contribution in [2.24, 2.45) is 5.92 Å². The molecule has 0 aromatic heterocycles. The fraction of sp³-hybridized carbons (Fsp3) is 0.650. The number of nitrogens with zero attached hydrogens (tertiary/aromatic N) is 2. The molecule has 3 rings (SSSR count). The topological polar surface area (TPSA) is 47.6 Å². The van der Waals surface area contributed by atoms with Gasteiger partial charge in [0.15, 0.2) is 0 Å². The van der Waals surface area contributed by atoms with Gasteiger partial charge in [0.25, 0.3) is 0 Å². The van der Waals surface area contributed by atoms with Gasteiger partial charge in [-0.2, -0.15) is 0 Å². The number of benzene rings is 1. The number of nitrogens with one attached hydrogen (secondary N) is 2. The number of amides is 2. The van der Waals surface area contributed by atoms with E-state index in [-0.39, 0.29) is 6.03 Å². The molecule has 2 amide bonds. The lowest BCUT2D eigenvalue weighted by molar-refractivity contribution is 0.139. The van der Waals surface area contributed by atoms with Crippen LogP contribution in [0.5, 0.6) is 0 Å². The molecule has 5 heteroatoms. The number of hydrogen-bond acceptors (Lipinski definition) is 3. The largest absolute Gasteiger partial charge is 0.370 e. The van der Waals surface area contributed by atoms with Gasteiger partial charge in [-0.15, -0.1) is 0 Å². The van der Waals surface area contributed by atoms with E-state index in [1.807, 2.05) is 18.2 Å². The highest BCUT2D eigenvalue weighted by Crippen LogP contribution is 2.28. The summed E-state index contributed by atoms with van der Waals surface area (Å²) in [5.41, 5.74) is 2.05. The van der Waals surface area contributed by atoms with E-state index >= 15 is 0 Å². The maximum absolute atomic E-state index is 12.4. The lowest BCUT2D eigenvalue weighted by atomic mass is 9.97. The third-order valence-corrected chi connectivity index (χ3v) is 5.43. The molecule has 2 heterocycles. The number of urea groups is 1. The van der Waals surface area contributed by atoms with Crippen molar-refractivity contribution < 1.29 is 4.79 Å². The zero-order valence-corrected chi connectivity index (χ0v) is 15.6. The molecule has 0 aliphatic carbocycles. The molecule has 0 radical (unpaired) electrons. The minimum atomic E-state index is -0.0895.